The zero-order valence-corrected chi connectivity index (χ0v) is 17.9. The maximum Gasteiger partial charge on any atom is 0.269 e. The molecule has 0 spiro atoms. The van der Waals surface area contributed by atoms with Crippen LogP contribution in [-0.4, -0.2) is 37.1 Å². The number of nitrogens with one attached hydrogen (secondary N) is 1. The first-order chi connectivity index (χ1) is 15.9. The number of carbonyl (C=O) groups is 1. The van der Waals surface area contributed by atoms with E-state index in [0.29, 0.717) is 51.1 Å². The van der Waals surface area contributed by atoms with Crippen LogP contribution in [0.4, 0.5) is 11.4 Å². The number of rotatable bonds is 7. The standard InChI is InChI=1S/C23H19N3O7/c1-30-19-10-14(11-20(31-2)21(19)32-3)23-25-17-12-15(6-9-18(17)33-23)24-22(27)13-4-7-16(8-5-13)26(28)29/h4-12H,1-3H3,(H,24,27). The van der Waals surface area contributed by atoms with Gasteiger partial charge in [0.1, 0.15) is 5.52 Å². The van der Waals surface area contributed by atoms with Gasteiger partial charge in [-0.2, -0.15) is 0 Å². The van der Waals surface area contributed by atoms with Gasteiger partial charge in [0.2, 0.25) is 11.6 Å². The van der Waals surface area contributed by atoms with E-state index >= 15 is 0 Å². The number of nitro groups is 1. The van der Waals surface area contributed by atoms with Crippen molar-refractivity contribution >= 4 is 28.4 Å². The summed E-state index contributed by atoms with van der Waals surface area (Å²) in [6, 6.07) is 13.8. The largest absolute Gasteiger partial charge is 0.493 e. The lowest BCUT2D eigenvalue weighted by atomic mass is 10.2. The Labute approximate surface area is 187 Å². The number of nitrogens with zero attached hydrogens (tertiary/aromatic N) is 2. The minimum atomic E-state index is -0.522. The zero-order valence-electron chi connectivity index (χ0n) is 17.9. The van der Waals surface area contributed by atoms with Gasteiger partial charge in [-0.05, 0) is 42.5 Å². The number of non-ortho nitro benzene ring substituents is 1. The van der Waals surface area contributed by atoms with Crippen molar-refractivity contribution in [1.82, 2.24) is 4.98 Å². The number of ether oxygens (including phenoxy) is 3. The molecule has 0 unspecified atom stereocenters. The Morgan fingerprint density at radius 1 is 0.970 bits per heavy atom. The minimum Gasteiger partial charge on any atom is -0.493 e. The predicted molar refractivity (Wildman–Crippen MR) is 120 cm³/mol. The third-order valence-electron chi connectivity index (χ3n) is 4.90. The van der Waals surface area contributed by atoms with Gasteiger partial charge < -0.3 is 23.9 Å². The van der Waals surface area contributed by atoms with Gasteiger partial charge >= 0.3 is 0 Å². The van der Waals surface area contributed by atoms with Crippen LogP contribution in [0.5, 0.6) is 17.2 Å². The fourth-order valence-electron chi connectivity index (χ4n) is 3.27. The van der Waals surface area contributed by atoms with Crippen LogP contribution >= 0.6 is 0 Å². The number of fused-ring (bicyclic) bond motifs is 1. The number of hydrogen-bond acceptors (Lipinski definition) is 8. The Balaban J connectivity index is 1.61. The number of anilines is 1. The summed E-state index contributed by atoms with van der Waals surface area (Å²) in [5, 5.41) is 13.5. The SMILES string of the molecule is COc1cc(-c2nc3cc(NC(=O)c4ccc([N+](=O)[O-])cc4)ccc3o2)cc(OC)c1OC. The molecule has 1 aromatic heterocycles. The van der Waals surface area contributed by atoms with E-state index < -0.39 is 10.8 Å². The number of benzene rings is 3. The monoisotopic (exact) mass is 449 g/mol. The lowest BCUT2D eigenvalue weighted by Gasteiger charge is -2.12. The Bertz CT molecular complexity index is 1320. The third-order valence-corrected chi connectivity index (χ3v) is 4.90. The third kappa shape index (κ3) is 4.26. The second kappa shape index (κ2) is 8.87. The first-order valence-electron chi connectivity index (χ1n) is 9.70. The molecule has 0 radical (unpaired) electrons. The van der Waals surface area contributed by atoms with Crippen molar-refractivity contribution in [2.75, 3.05) is 26.6 Å². The van der Waals surface area contributed by atoms with Crippen molar-refractivity contribution in [1.29, 1.82) is 0 Å². The molecule has 0 atom stereocenters. The lowest BCUT2D eigenvalue weighted by Crippen LogP contribution is -2.11. The molecule has 4 rings (SSSR count). The molecule has 0 saturated carbocycles. The van der Waals surface area contributed by atoms with Crippen LogP contribution in [0.3, 0.4) is 0 Å². The molecule has 0 aliphatic heterocycles. The van der Waals surface area contributed by atoms with Crippen molar-refractivity contribution in [2.45, 2.75) is 0 Å². The van der Waals surface area contributed by atoms with E-state index in [0.717, 1.165) is 0 Å². The average Bonchev–Trinajstić information content (AvgIpc) is 3.26. The minimum absolute atomic E-state index is 0.0881. The van der Waals surface area contributed by atoms with E-state index in [2.05, 4.69) is 10.3 Å². The topological polar surface area (TPSA) is 126 Å². The Morgan fingerprint density at radius 3 is 2.21 bits per heavy atom. The van der Waals surface area contributed by atoms with Gasteiger partial charge in [-0.3, -0.25) is 14.9 Å². The molecule has 10 heteroatoms. The first-order valence-corrected chi connectivity index (χ1v) is 9.70. The summed E-state index contributed by atoms with van der Waals surface area (Å²) >= 11 is 0. The molecule has 0 aliphatic carbocycles. The summed E-state index contributed by atoms with van der Waals surface area (Å²) in [4.78, 5) is 27.3. The van der Waals surface area contributed by atoms with E-state index in [-0.39, 0.29) is 5.69 Å². The van der Waals surface area contributed by atoms with Gasteiger partial charge in [-0.25, -0.2) is 4.98 Å². The number of hydrogen-bond donors (Lipinski definition) is 1. The maximum atomic E-state index is 12.5. The molecule has 168 valence electrons. The highest BCUT2D eigenvalue weighted by Crippen LogP contribution is 2.41. The van der Waals surface area contributed by atoms with E-state index in [1.165, 1.54) is 45.6 Å². The molecule has 1 heterocycles. The fraction of sp³-hybridized carbons (Fsp3) is 0.130. The molecule has 3 aromatic carbocycles. The second-order valence-electron chi connectivity index (χ2n) is 6.87. The Hall–Kier alpha value is -4.60. The highest BCUT2D eigenvalue weighted by Gasteiger charge is 2.18. The van der Waals surface area contributed by atoms with Crippen LogP contribution < -0.4 is 19.5 Å². The summed E-state index contributed by atoms with van der Waals surface area (Å²) in [7, 11) is 4.56. The molecule has 0 saturated heterocycles. The van der Waals surface area contributed by atoms with Crippen molar-refractivity contribution in [2.24, 2.45) is 0 Å². The Kier molecular flexibility index (Phi) is 5.81. The van der Waals surface area contributed by atoms with E-state index in [1.807, 2.05) is 0 Å². The van der Waals surface area contributed by atoms with Crippen LogP contribution in [0.15, 0.2) is 59.0 Å². The smallest absolute Gasteiger partial charge is 0.269 e. The highest BCUT2D eigenvalue weighted by atomic mass is 16.6. The van der Waals surface area contributed by atoms with Gasteiger partial charge in [0.15, 0.2) is 17.1 Å². The number of carbonyl (C=O) groups excluding carboxylic acids is 1. The predicted octanol–water partition coefficient (Wildman–Crippen LogP) is 4.68. The molecule has 0 aliphatic rings. The van der Waals surface area contributed by atoms with Gasteiger partial charge in [-0.1, -0.05) is 0 Å². The van der Waals surface area contributed by atoms with Crippen LogP contribution in [0.1, 0.15) is 10.4 Å². The summed E-state index contributed by atoms with van der Waals surface area (Å²) in [6.45, 7) is 0. The molecule has 1 N–H and O–H groups in total. The van der Waals surface area contributed by atoms with Crippen molar-refractivity contribution < 1.29 is 28.3 Å². The number of nitro benzene ring substituents is 1. The van der Waals surface area contributed by atoms with Gasteiger partial charge in [0.25, 0.3) is 11.6 Å². The number of amides is 1. The molecular weight excluding hydrogens is 430 g/mol. The lowest BCUT2D eigenvalue weighted by molar-refractivity contribution is -0.384. The zero-order chi connectivity index (χ0) is 23.5. The number of methoxy groups -OCH3 is 3. The van der Waals surface area contributed by atoms with E-state index in [4.69, 9.17) is 18.6 Å². The first kappa shape index (κ1) is 21.6. The summed E-state index contributed by atoms with van der Waals surface area (Å²) in [5.74, 6) is 1.31. The quantitative estimate of drug-likeness (QED) is 0.318. The normalized spacial score (nSPS) is 10.6. The van der Waals surface area contributed by atoms with Gasteiger partial charge in [0, 0.05) is 28.9 Å². The van der Waals surface area contributed by atoms with Crippen LogP contribution in [0.25, 0.3) is 22.6 Å². The van der Waals surface area contributed by atoms with Gasteiger partial charge in [-0.15, -0.1) is 0 Å². The van der Waals surface area contributed by atoms with Crippen LogP contribution in [0, 0.1) is 10.1 Å². The van der Waals surface area contributed by atoms with Crippen molar-refractivity contribution in [3.8, 4) is 28.7 Å². The molecule has 0 bridgehead atoms. The summed E-state index contributed by atoms with van der Waals surface area (Å²) in [5.41, 5.74) is 2.37. The average molecular weight is 449 g/mol. The second-order valence-corrected chi connectivity index (χ2v) is 6.87. The highest BCUT2D eigenvalue weighted by molar-refractivity contribution is 6.05. The molecule has 1 amide bonds. The van der Waals surface area contributed by atoms with Crippen LogP contribution in [0.2, 0.25) is 0 Å². The van der Waals surface area contributed by atoms with E-state index in [9.17, 15) is 14.9 Å². The van der Waals surface area contributed by atoms with Crippen molar-refractivity contribution in [3.05, 3.63) is 70.3 Å². The Morgan fingerprint density at radius 2 is 1.64 bits per heavy atom. The summed E-state index contributed by atoms with van der Waals surface area (Å²) < 4.78 is 22.0. The fourth-order valence-corrected chi connectivity index (χ4v) is 3.27. The summed E-state index contributed by atoms with van der Waals surface area (Å²) in [6.07, 6.45) is 0. The molecule has 0 fully saturated rings. The van der Waals surface area contributed by atoms with Crippen LogP contribution in [-0.2, 0) is 0 Å². The number of aromatic nitrogens is 1. The number of oxazole rings is 1. The molecular formula is C23H19N3O7. The van der Waals surface area contributed by atoms with E-state index in [1.54, 1.807) is 30.3 Å². The van der Waals surface area contributed by atoms with Gasteiger partial charge in [0.05, 0.1) is 26.3 Å². The maximum absolute atomic E-state index is 12.5. The molecule has 33 heavy (non-hydrogen) atoms. The molecule has 10 nitrogen and oxygen atoms in total. The van der Waals surface area contributed by atoms with Crippen molar-refractivity contribution in [3.63, 3.8) is 0 Å². The molecule has 4 aromatic rings.